The second-order valence-corrected chi connectivity index (χ2v) is 6.92. The maximum atomic E-state index is 12.5. The monoisotopic (exact) mass is 356 g/mol. The van der Waals surface area contributed by atoms with Crippen molar-refractivity contribution >= 4 is 5.91 Å². The minimum Gasteiger partial charge on any atom is -0.493 e. The number of hydrogen-bond donors (Lipinski definition) is 1. The van der Waals surface area contributed by atoms with Gasteiger partial charge in [-0.15, -0.1) is 0 Å². The van der Waals surface area contributed by atoms with E-state index in [4.69, 9.17) is 13.9 Å². The topological polar surface area (TPSA) is 63.9 Å². The van der Waals surface area contributed by atoms with Crippen LogP contribution in [0.5, 0.6) is 11.5 Å². The van der Waals surface area contributed by atoms with Crippen molar-refractivity contribution in [3.63, 3.8) is 0 Å². The van der Waals surface area contributed by atoms with Crippen molar-refractivity contribution in [3.8, 4) is 11.5 Å². The molecule has 0 saturated carbocycles. The average Bonchev–Trinajstić information content (AvgIpc) is 3.17. The number of amides is 1. The summed E-state index contributed by atoms with van der Waals surface area (Å²) >= 11 is 0. The first-order valence-electron chi connectivity index (χ1n) is 9.10. The van der Waals surface area contributed by atoms with Gasteiger partial charge in [0.25, 0.3) is 5.91 Å². The van der Waals surface area contributed by atoms with E-state index in [0.717, 1.165) is 19.6 Å². The van der Waals surface area contributed by atoms with Crippen molar-refractivity contribution in [3.05, 3.63) is 47.9 Å². The SMILES string of the molecule is COc1ccccc1OCc1ccc(C(=O)NC2CN3CCC2CC3)o1. The van der Waals surface area contributed by atoms with Crippen molar-refractivity contribution in [1.29, 1.82) is 0 Å². The van der Waals surface area contributed by atoms with E-state index in [2.05, 4.69) is 10.2 Å². The number of methoxy groups -OCH3 is 1. The highest BCUT2D eigenvalue weighted by molar-refractivity contribution is 5.91. The lowest BCUT2D eigenvalue weighted by Gasteiger charge is -2.44. The molecule has 138 valence electrons. The van der Waals surface area contributed by atoms with Crippen LogP contribution in [0.25, 0.3) is 0 Å². The van der Waals surface area contributed by atoms with Gasteiger partial charge in [0.15, 0.2) is 17.3 Å². The lowest BCUT2D eigenvalue weighted by molar-refractivity contribution is 0.0604. The van der Waals surface area contributed by atoms with Gasteiger partial charge in [0.1, 0.15) is 12.4 Å². The molecule has 4 heterocycles. The van der Waals surface area contributed by atoms with E-state index in [0.29, 0.717) is 28.9 Å². The van der Waals surface area contributed by atoms with Gasteiger partial charge in [0, 0.05) is 12.6 Å². The Bertz CT molecular complexity index is 765. The van der Waals surface area contributed by atoms with Crippen molar-refractivity contribution in [1.82, 2.24) is 10.2 Å². The molecule has 1 aromatic heterocycles. The maximum absolute atomic E-state index is 12.5. The zero-order valence-corrected chi connectivity index (χ0v) is 14.9. The van der Waals surface area contributed by atoms with Crippen LogP contribution in [0.15, 0.2) is 40.8 Å². The summed E-state index contributed by atoms with van der Waals surface area (Å²) in [5, 5.41) is 3.14. The highest BCUT2D eigenvalue weighted by Gasteiger charge is 2.35. The molecule has 5 rings (SSSR count). The first-order chi connectivity index (χ1) is 12.7. The minimum atomic E-state index is -0.146. The fraction of sp³-hybridized carbons (Fsp3) is 0.450. The summed E-state index contributed by atoms with van der Waals surface area (Å²) in [5.41, 5.74) is 0. The number of carbonyl (C=O) groups excluding carboxylic acids is 1. The molecule has 1 atom stereocenters. The van der Waals surface area contributed by atoms with Crippen LogP contribution in [0, 0.1) is 5.92 Å². The third-order valence-corrected chi connectivity index (χ3v) is 5.30. The number of fused-ring (bicyclic) bond motifs is 3. The van der Waals surface area contributed by atoms with Crippen molar-refractivity contribution in [2.75, 3.05) is 26.7 Å². The number of benzene rings is 1. The number of nitrogens with zero attached hydrogens (tertiary/aromatic N) is 1. The van der Waals surface area contributed by atoms with Gasteiger partial charge in [-0.1, -0.05) is 12.1 Å². The molecule has 3 saturated heterocycles. The number of piperidine rings is 3. The highest BCUT2D eigenvalue weighted by atomic mass is 16.5. The third kappa shape index (κ3) is 3.55. The van der Waals surface area contributed by atoms with E-state index in [-0.39, 0.29) is 18.6 Å². The van der Waals surface area contributed by atoms with Gasteiger partial charge in [-0.25, -0.2) is 0 Å². The predicted molar refractivity (Wildman–Crippen MR) is 96.5 cm³/mol. The van der Waals surface area contributed by atoms with Crippen LogP contribution in [-0.2, 0) is 6.61 Å². The zero-order chi connectivity index (χ0) is 17.9. The van der Waals surface area contributed by atoms with E-state index in [1.54, 1.807) is 19.2 Å². The molecule has 1 amide bonds. The third-order valence-electron chi connectivity index (χ3n) is 5.30. The van der Waals surface area contributed by atoms with Crippen molar-refractivity contribution < 1.29 is 18.7 Å². The van der Waals surface area contributed by atoms with E-state index in [9.17, 15) is 4.79 Å². The average molecular weight is 356 g/mol. The Balaban J connectivity index is 1.34. The van der Waals surface area contributed by atoms with Crippen molar-refractivity contribution in [2.24, 2.45) is 5.92 Å². The minimum absolute atomic E-state index is 0.146. The number of para-hydroxylation sites is 2. The molecule has 3 aliphatic heterocycles. The molecule has 2 bridgehead atoms. The molecule has 26 heavy (non-hydrogen) atoms. The summed E-state index contributed by atoms with van der Waals surface area (Å²) in [6.45, 7) is 3.50. The van der Waals surface area contributed by atoms with E-state index in [1.165, 1.54) is 12.8 Å². The number of hydrogen-bond acceptors (Lipinski definition) is 5. The molecule has 6 heteroatoms. The Morgan fingerprint density at radius 2 is 1.96 bits per heavy atom. The van der Waals surface area contributed by atoms with Crippen LogP contribution in [-0.4, -0.2) is 43.6 Å². The normalized spacial score (nSPS) is 24.3. The van der Waals surface area contributed by atoms with E-state index < -0.39 is 0 Å². The fourth-order valence-electron chi connectivity index (χ4n) is 3.83. The number of carbonyl (C=O) groups is 1. The van der Waals surface area contributed by atoms with E-state index >= 15 is 0 Å². The number of rotatable bonds is 6. The summed E-state index contributed by atoms with van der Waals surface area (Å²) in [4.78, 5) is 14.9. The fourth-order valence-corrected chi connectivity index (χ4v) is 3.83. The van der Waals surface area contributed by atoms with Crippen molar-refractivity contribution in [2.45, 2.75) is 25.5 Å². The Morgan fingerprint density at radius 1 is 1.19 bits per heavy atom. The Hall–Kier alpha value is -2.47. The van der Waals surface area contributed by atoms with Gasteiger partial charge in [-0.2, -0.15) is 0 Å². The first-order valence-corrected chi connectivity index (χ1v) is 9.10. The first kappa shape index (κ1) is 17.0. The van der Waals surface area contributed by atoms with Crippen LogP contribution in [0.1, 0.15) is 29.2 Å². The van der Waals surface area contributed by atoms with E-state index in [1.807, 2.05) is 24.3 Å². The predicted octanol–water partition coefficient (Wildman–Crippen LogP) is 2.69. The van der Waals surface area contributed by atoms with Crippen LogP contribution < -0.4 is 14.8 Å². The van der Waals surface area contributed by atoms with Crippen LogP contribution >= 0.6 is 0 Å². The molecule has 3 aliphatic rings. The lowest BCUT2D eigenvalue weighted by atomic mass is 9.84. The summed E-state index contributed by atoms with van der Waals surface area (Å²) in [7, 11) is 1.60. The lowest BCUT2D eigenvalue weighted by Crippen LogP contribution is -2.57. The highest BCUT2D eigenvalue weighted by Crippen LogP contribution is 2.28. The van der Waals surface area contributed by atoms with Crippen LogP contribution in [0.4, 0.5) is 0 Å². The van der Waals surface area contributed by atoms with Gasteiger partial charge in [0.2, 0.25) is 0 Å². The standard InChI is InChI=1S/C20H24N2O4/c1-24-17-4-2-3-5-18(17)25-13-15-6-7-19(26-15)20(23)21-16-12-22-10-8-14(16)9-11-22/h2-7,14,16H,8-13H2,1H3,(H,21,23). The number of ether oxygens (including phenoxy) is 2. The number of furan rings is 1. The van der Waals surface area contributed by atoms with Crippen LogP contribution in [0.3, 0.4) is 0 Å². The molecule has 3 fully saturated rings. The summed E-state index contributed by atoms with van der Waals surface area (Å²) in [5.74, 6) is 2.69. The largest absolute Gasteiger partial charge is 0.493 e. The molecule has 6 nitrogen and oxygen atoms in total. The molecule has 2 aromatic rings. The van der Waals surface area contributed by atoms with Crippen LogP contribution in [0.2, 0.25) is 0 Å². The van der Waals surface area contributed by atoms with Gasteiger partial charge in [-0.3, -0.25) is 4.79 Å². The quantitative estimate of drug-likeness (QED) is 0.862. The molecule has 1 N–H and O–H groups in total. The second kappa shape index (κ2) is 7.41. The molecule has 1 unspecified atom stereocenters. The van der Waals surface area contributed by atoms with Gasteiger partial charge in [-0.05, 0) is 56.1 Å². The summed E-state index contributed by atoms with van der Waals surface area (Å²) in [6.07, 6.45) is 2.34. The smallest absolute Gasteiger partial charge is 0.287 e. The summed E-state index contributed by atoms with van der Waals surface area (Å²) < 4.78 is 16.7. The Morgan fingerprint density at radius 3 is 2.65 bits per heavy atom. The molecule has 0 radical (unpaired) electrons. The van der Waals surface area contributed by atoms with Gasteiger partial charge < -0.3 is 24.1 Å². The number of nitrogens with one attached hydrogen (secondary N) is 1. The second-order valence-electron chi connectivity index (χ2n) is 6.92. The Kier molecular flexibility index (Phi) is 4.84. The molecular weight excluding hydrogens is 332 g/mol. The molecule has 0 aliphatic carbocycles. The van der Waals surface area contributed by atoms with Gasteiger partial charge >= 0.3 is 0 Å². The Labute approximate surface area is 153 Å². The maximum Gasteiger partial charge on any atom is 0.287 e. The molecule has 0 spiro atoms. The molecular formula is C20H24N2O4. The summed E-state index contributed by atoms with van der Waals surface area (Å²) in [6, 6.07) is 11.1. The zero-order valence-electron chi connectivity index (χ0n) is 14.9. The molecule has 1 aromatic carbocycles. The van der Waals surface area contributed by atoms with Gasteiger partial charge in [0.05, 0.1) is 7.11 Å².